The number of aliphatic carboxylic acids is 1. The molecule has 76 valence electrons. The highest BCUT2D eigenvalue weighted by Crippen LogP contribution is 2.39. The van der Waals surface area contributed by atoms with Crippen LogP contribution in [-0.2, 0) is 4.79 Å². The Hall–Kier alpha value is -0.570. The minimum atomic E-state index is -0.826. The Bertz CT molecular complexity index is 202. The van der Waals surface area contributed by atoms with Crippen molar-refractivity contribution in [2.45, 2.75) is 51.6 Å². The first-order valence-corrected chi connectivity index (χ1v) is 4.82. The monoisotopic (exact) mass is 186 g/mol. The van der Waals surface area contributed by atoms with E-state index >= 15 is 0 Å². The van der Waals surface area contributed by atoms with Crippen LogP contribution in [0.1, 0.15) is 46.0 Å². The molecule has 1 rings (SSSR count). The van der Waals surface area contributed by atoms with Crippen LogP contribution >= 0.6 is 0 Å². The van der Waals surface area contributed by atoms with Crippen molar-refractivity contribution in [1.82, 2.24) is 0 Å². The maximum atomic E-state index is 10.8. The standard InChI is InChI=1S/C10H18O3/c1-9(2,8(11)12)7-10(13)5-3-4-6-10/h13H,3-7H2,1-2H3,(H,11,12). The minimum Gasteiger partial charge on any atom is -0.481 e. The van der Waals surface area contributed by atoms with Gasteiger partial charge in [0.05, 0.1) is 11.0 Å². The molecule has 2 N–H and O–H groups in total. The summed E-state index contributed by atoms with van der Waals surface area (Å²) < 4.78 is 0. The van der Waals surface area contributed by atoms with Crippen LogP contribution in [-0.4, -0.2) is 21.8 Å². The molecular weight excluding hydrogens is 168 g/mol. The highest BCUT2D eigenvalue weighted by molar-refractivity contribution is 5.73. The number of hydrogen-bond acceptors (Lipinski definition) is 2. The number of rotatable bonds is 3. The van der Waals surface area contributed by atoms with Gasteiger partial charge < -0.3 is 10.2 Å². The third-order valence-corrected chi connectivity index (χ3v) is 2.88. The van der Waals surface area contributed by atoms with Crippen molar-refractivity contribution in [2.24, 2.45) is 5.41 Å². The van der Waals surface area contributed by atoms with Crippen LogP contribution in [0.2, 0.25) is 0 Å². The molecule has 1 aliphatic carbocycles. The molecule has 1 fully saturated rings. The fraction of sp³-hybridized carbons (Fsp3) is 0.900. The van der Waals surface area contributed by atoms with E-state index in [4.69, 9.17) is 5.11 Å². The van der Waals surface area contributed by atoms with E-state index < -0.39 is 17.0 Å². The molecule has 0 saturated heterocycles. The smallest absolute Gasteiger partial charge is 0.309 e. The summed E-state index contributed by atoms with van der Waals surface area (Å²) in [6.07, 6.45) is 3.92. The van der Waals surface area contributed by atoms with Gasteiger partial charge in [-0.1, -0.05) is 12.8 Å². The first-order chi connectivity index (χ1) is 5.86. The van der Waals surface area contributed by atoms with Gasteiger partial charge in [-0.05, 0) is 33.1 Å². The molecule has 3 heteroatoms. The Morgan fingerprint density at radius 3 is 2.23 bits per heavy atom. The Balaban J connectivity index is 2.61. The molecule has 0 aromatic heterocycles. The van der Waals surface area contributed by atoms with Crippen LogP contribution in [0.5, 0.6) is 0 Å². The van der Waals surface area contributed by atoms with E-state index in [-0.39, 0.29) is 0 Å². The summed E-state index contributed by atoms with van der Waals surface area (Å²) in [5, 5.41) is 18.9. The highest BCUT2D eigenvalue weighted by Gasteiger charge is 2.40. The number of carbonyl (C=O) groups is 1. The average Bonchev–Trinajstić information content (AvgIpc) is 2.34. The van der Waals surface area contributed by atoms with Crippen molar-refractivity contribution in [3.63, 3.8) is 0 Å². The Morgan fingerprint density at radius 2 is 1.85 bits per heavy atom. The average molecular weight is 186 g/mol. The zero-order chi connectivity index (χ0) is 10.1. The lowest BCUT2D eigenvalue weighted by Gasteiger charge is -2.30. The van der Waals surface area contributed by atoms with E-state index in [2.05, 4.69) is 0 Å². The Morgan fingerprint density at radius 1 is 1.38 bits per heavy atom. The molecule has 0 aromatic carbocycles. The van der Waals surface area contributed by atoms with Crippen molar-refractivity contribution in [2.75, 3.05) is 0 Å². The fourth-order valence-corrected chi connectivity index (χ4v) is 2.11. The first-order valence-electron chi connectivity index (χ1n) is 4.82. The van der Waals surface area contributed by atoms with Crippen molar-refractivity contribution < 1.29 is 15.0 Å². The van der Waals surface area contributed by atoms with Gasteiger partial charge >= 0.3 is 5.97 Å². The number of carboxylic acids is 1. The highest BCUT2D eigenvalue weighted by atomic mass is 16.4. The molecule has 0 radical (unpaired) electrons. The fourth-order valence-electron chi connectivity index (χ4n) is 2.11. The quantitative estimate of drug-likeness (QED) is 0.706. The molecule has 0 atom stereocenters. The SMILES string of the molecule is CC(C)(CC1(O)CCCC1)C(=O)O. The van der Waals surface area contributed by atoms with Gasteiger partial charge in [0, 0.05) is 0 Å². The number of carboxylic acid groups (broad SMARTS) is 1. The Kier molecular flexibility index (Phi) is 2.66. The molecule has 0 heterocycles. The third-order valence-electron chi connectivity index (χ3n) is 2.88. The summed E-state index contributed by atoms with van der Waals surface area (Å²) >= 11 is 0. The van der Waals surface area contributed by atoms with E-state index in [1.165, 1.54) is 0 Å². The lowest BCUT2D eigenvalue weighted by molar-refractivity contribution is -0.150. The summed E-state index contributed by atoms with van der Waals surface area (Å²) in [4.78, 5) is 10.8. The molecule has 3 nitrogen and oxygen atoms in total. The largest absolute Gasteiger partial charge is 0.481 e. The van der Waals surface area contributed by atoms with E-state index in [0.29, 0.717) is 6.42 Å². The first kappa shape index (κ1) is 10.5. The van der Waals surface area contributed by atoms with Gasteiger partial charge in [0.25, 0.3) is 0 Å². The van der Waals surface area contributed by atoms with E-state index in [1.54, 1.807) is 13.8 Å². The zero-order valence-electron chi connectivity index (χ0n) is 8.34. The normalized spacial score (nSPS) is 21.8. The summed E-state index contributed by atoms with van der Waals surface area (Å²) in [7, 11) is 0. The van der Waals surface area contributed by atoms with Gasteiger partial charge in [-0.2, -0.15) is 0 Å². The molecule has 1 saturated carbocycles. The lowest BCUT2D eigenvalue weighted by atomic mass is 9.79. The van der Waals surface area contributed by atoms with Crippen molar-refractivity contribution in [1.29, 1.82) is 0 Å². The van der Waals surface area contributed by atoms with Gasteiger partial charge in [-0.3, -0.25) is 4.79 Å². The minimum absolute atomic E-state index is 0.370. The van der Waals surface area contributed by atoms with Crippen molar-refractivity contribution in [3.8, 4) is 0 Å². The summed E-state index contributed by atoms with van der Waals surface area (Å²) in [6, 6.07) is 0. The topological polar surface area (TPSA) is 57.5 Å². The molecule has 0 aliphatic heterocycles. The molecule has 0 unspecified atom stereocenters. The van der Waals surface area contributed by atoms with Crippen LogP contribution in [0.15, 0.2) is 0 Å². The molecule has 1 aliphatic rings. The second-order valence-corrected chi connectivity index (χ2v) is 4.80. The van der Waals surface area contributed by atoms with E-state index in [0.717, 1.165) is 25.7 Å². The maximum Gasteiger partial charge on any atom is 0.309 e. The maximum absolute atomic E-state index is 10.8. The number of aliphatic hydroxyl groups is 1. The van der Waals surface area contributed by atoms with E-state index in [9.17, 15) is 9.90 Å². The molecule has 0 amide bonds. The van der Waals surface area contributed by atoms with Crippen molar-refractivity contribution in [3.05, 3.63) is 0 Å². The molecule has 0 spiro atoms. The zero-order valence-corrected chi connectivity index (χ0v) is 8.34. The Labute approximate surface area is 78.8 Å². The molecule has 13 heavy (non-hydrogen) atoms. The summed E-state index contributed by atoms with van der Waals surface area (Å²) in [5.41, 5.74) is -1.53. The third kappa shape index (κ3) is 2.44. The van der Waals surface area contributed by atoms with Crippen molar-refractivity contribution >= 4 is 5.97 Å². The van der Waals surface area contributed by atoms with Crippen LogP contribution in [0, 0.1) is 5.41 Å². The molecule has 0 bridgehead atoms. The van der Waals surface area contributed by atoms with Gasteiger partial charge in [0.1, 0.15) is 0 Å². The van der Waals surface area contributed by atoms with Gasteiger partial charge in [0.15, 0.2) is 0 Å². The second-order valence-electron chi connectivity index (χ2n) is 4.80. The summed E-state index contributed by atoms with van der Waals surface area (Å²) in [6.45, 7) is 3.34. The number of hydrogen-bond donors (Lipinski definition) is 2. The van der Waals surface area contributed by atoms with Crippen LogP contribution < -0.4 is 0 Å². The van der Waals surface area contributed by atoms with E-state index in [1.807, 2.05) is 0 Å². The van der Waals surface area contributed by atoms with Gasteiger partial charge in [-0.25, -0.2) is 0 Å². The molecule has 0 aromatic rings. The second kappa shape index (κ2) is 3.29. The molecular formula is C10H18O3. The van der Waals surface area contributed by atoms with Crippen LogP contribution in [0.25, 0.3) is 0 Å². The van der Waals surface area contributed by atoms with Gasteiger partial charge in [0.2, 0.25) is 0 Å². The predicted octanol–water partition coefficient (Wildman–Crippen LogP) is 1.79. The predicted molar refractivity (Wildman–Crippen MR) is 49.5 cm³/mol. The van der Waals surface area contributed by atoms with Gasteiger partial charge in [-0.15, -0.1) is 0 Å². The summed E-state index contributed by atoms with van der Waals surface area (Å²) in [5.74, 6) is -0.826. The lowest BCUT2D eigenvalue weighted by Crippen LogP contribution is -2.36. The van der Waals surface area contributed by atoms with Crippen LogP contribution in [0.4, 0.5) is 0 Å². The van der Waals surface area contributed by atoms with Crippen LogP contribution in [0.3, 0.4) is 0 Å².